The van der Waals surface area contributed by atoms with Crippen LogP contribution in [0.3, 0.4) is 0 Å². The number of hydrogen-bond acceptors (Lipinski definition) is 4. The average Bonchev–Trinajstić information content (AvgIpc) is 2.50. The van der Waals surface area contributed by atoms with Gasteiger partial charge in [-0.25, -0.2) is 13.4 Å². The van der Waals surface area contributed by atoms with Gasteiger partial charge in [0.2, 0.25) is 5.52 Å². The molecule has 0 aliphatic rings. The predicted molar refractivity (Wildman–Crippen MR) is 61.4 cm³/mol. The molecule has 1 aromatic carbocycles. The number of aromatic amines is 1. The molecule has 0 saturated carbocycles. The normalized spacial score (nSPS) is 10.8. The first-order chi connectivity index (χ1) is 7.83. The lowest BCUT2D eigenvalue weighted by molar-refractivity contribution is -0.869. The van der Waals surface area contributed by atoms with E-state index in [1.54, 1.807) is 11.8 Å². The Bertz CT molecular complexity index is 596. The van der Waals surface area contributed by atoms with Crippen LogP contribution >= 0.6 is 0 Å². The van der Waals surface area contributed by atoms with E-state index in [9.17, 15) is 0 Å². The summed E-state index contributed by atoms with van der Waals surface area (Å²) in [5, 5.41) is 0. The molecule has 0 fully saturated rings. The van der Waals surface area contributed by atoms with E-state index in [-0.39, 0.29) is 0 Å². The smallest absolute Gasteiger partial charge is 0.292 e. The molecule has 1 N–H and O–H groups in total. The number of hydrogen-bond donors (Lipinski definition) is 1. The van der Waals surface area contributed by atoms with Gasteiger partial charge in [0.05, 0.1) is 10.1 Å². The molecule has 0 saturated heterocycles. The second kappa shape index (κ2) is 5.15. The summed E-state index contributed by atoms with van der Waals surface area (Å²) in [6.45, 7) is 1.98. The molecule has 0 unspecified atom stereocenters. The van der Waals surface area contributed by atoms with Crippen LogP contribution in [0.5, 0.6) is 0 Å². The van der Waals surface area contributed by atoms with E-state index in [1.807, 2.05) is 31.2 Å². The van der Waals surface area contributed by atoms with Gasteiger partial charge in [0, 0.05) is 13.2 Å². The van der Waals surface area contributed by atoms with Crippen molar-refractivity contribution < 1.29 is 22.5 Å². The van der Waals surface area contributed by atoms with Crippen molar-refractivity contribution in [3.05, 3.63) is 30.1 Å². The topological polar surface area (TPSA) is 86.1 Å². The summed E-state index contributed by atoms with van der Waals surface area (Å²) in [6.07, 6.45) is 0.604. The number of imidazole rings is 1. The SMILES string of the molecule is CO[n+]1c(C)[nH]c2ccccc21.CS(=O)(=O)[O-]. The van der Waals surface area contributed by atoms with Gasteiger partial charge in [0.25, 0.3) is 5.82 Å². The van der Waals surface area contributed by atoms with Gasteiger partial charge >= 0.3 is 0 Å². The zero-order valence-electron chi connectivity index (χ0n) is 9.80. The minimum absolute atomic E-state index is 0.604. The fraction of sp³-hybridized carbons (Fsp3) is 0.300. The standard InChI is InChI=1S/C9H10N2O.CH4O3S/c1-7-10-8-5-3-4-6-9(8)11(7)12-2;1-5(2,3)4/h3-6H,1-2H3;1H3,(H,2,3,4). The van der Waals surface area contributed by atoms with E-state index in [0.717, 1.165) is 16.9 Å². The van der Waals surface area contributed by atoms with Gasteiger partial charge in [0.15, 0.2) is 5.52 Å². The molecule has 2 aromatic rings. The van der Waals surface area contributed by atoms with E-state index < -0.39 is 10.1 Å². The highest BCUT2D eigenvalue weighted by atomic mass is 32.2. The second-order valence-electron chi connectivity index (χ2n) is 3.41. The molecule has 6 nitrogen and oxygen atoms in total. The van der Waals surface area contributed by atoms with Gasteiger partial charge in [-0.2, -0.15) is 0 Å². The largest absolute Gasteiger partial charge is 0.748 e. The van der Waals surface area contributed by atoms with Crippen LogP contribution in [0.4, 0.5) is 0 Å². The van der Waals surface area contributed by atoms with Gasteiger partial charge in [0.1, 0.15) is 7.11 Å². The molecule has 2 rings (SSSR count). The molecule has 0 aliphatic heterocycles. The molecular weight excluding hydrogens is 244 g/mol. The maximum Gasteiger partial charge on any atom is 0.292 e. The van der Waals surface area contributed by atoms with Gasteiger partial charge in [-0.1, -0.05) is 12.1 Å². The number of H-pyrrole nitrogens is 1. The Hall–Kier alpha value is -1.60. The number of nitrogens with zero attached hydrogens (tertiary/aromatic N) is 1. The molecule has 7 heteroatoms. The molecule has 0 amide bonds. The summed E-state index contributed by atoms with van der Waals surface area (Å²) in [7, 11) is -2.26. The first-order valence-corrected chi connectivity index (χ1v) is 6.59. The quantitative estimate of drug-likeness (QED) is 0.575. The third-order valence-electron chi connectivity index (χ3n) is 1.93. The highest BCUT2D eigenvalue weighted by Gasteiger charge is 2.13. The highest BCUT2D eigenvalue weighted by Crippen LogP contribution is 2.06. The number of nitrogens with one attached hydrogen (secondary N) is 1. The number of aromatic nitrogens is 2. The highest BCUT2D eigenvalue weighted by molar-refractivity contribution is 7.84. The lowest BCUT2D eigenvalue weighted by Crippen LogP contribution is -2.42. The summed E-state index contributed by atoms with van der Waals surface area (Å²) in [5.74, 6) is 0.999. The van der Waals surface area contributed by atoms with E-state index >= 15 is 0 Å². The van der Waals surface area contributed by atoms with Gasteiger partial charge < -0.3 is 9.39 Å². The van der Waals surface area contributed by atoms with E-state index in [0.29, 0.717) is 6.26 Å². The van der Waals surface area contributed by atoms with Crippen molar-refractivity contribution in [1.29, 1.82) is 0 Å². The van der Waals surface area contributed by atoms with Crippen molar-refractivity contribution in [2.24, 2.45) is 0 Å². The molecule has 1 heterocycles. The van der Waals surface area contributed by atoms with Gasteiger partial charge in [-0.15, -0.1) is 0 Å². The maximum atomic E-state index is 9.08. The van der Waals surface area contributed by atoms with Crippen LogP contribution in [0.2, 0.25) is 0 Å². The maximum absolute atomic E-state index is 9.08. The van der Waals surface area contributed by atoms with E-state index in [4.69, 9.17) is 17.8 Å². The fourth-order valence-corrected chi connectivity index (χ4v) is 1.42. The summed E-state index contributed by atoms with van der Waals surface area (Å²) in [6, 6.07) is 8.03. The Balaban J connectivity index is 0.000000249. The number of para-hydroxylation sites is 2. The molecule has 1 aromatic heterocycles. The van der Waals surface area contributed by atoms with Gasteiger partial charge in [-0.05, 0) is 16.9 Å². The van der Waals surface area contributed by atoms with Crippen molar-refractivity contribution >= 4 is 21.2 Å². The van der Waals surface area contributed by atoms with E-state index in [2.05, 4.69) is 4.98 Å². The zero-order valence-corrected chi connectivity index (χ0v) is 10.6. The summed E-state index contributed by atoms with van der Waals surface area (Å²) >= 11 is 0. The third kappa shape index (κ3) is 4.04. The molecule has 0 bridgehead atoms. The predicted octanol–water partition coefficient (Wildman–Crippen LogP) is -0.0164. The first-order valence-electron chi connectivity index (χ1n) is 4.77. The lowest BCUT2D eigenvalue weighted by atomic mass is 10.3. The number of benzene rings is 1. The summed E-state index contributed by atoms with van der Waals surface area (Å²) in [4.78, 5) is 8.40. The minimum atomic E-state index is -3.92. The Kier molecular flexibility index (Phi) is 4.08. The molecule has 0 radical (unpaired) electrons. The number of rotatable bonds is 1. The van der Waals surface area contributed by atoms with Crippen LogP contribution in [0.25, 0.3) is 11.0 Å². The lowest BCUT2D eigenvalue weighted by Gasteiger charge is -1.92. The molecule has 0 atom stereocenters. The van der Waals surface area contributed by atoms with E-state index in [1.165, 1.54) is 0 Å². The van der Waals surface area contributed by atoms with Gasteiger partial charge in [-0.3, -0.25) is 0 Å². The van der Waals surface area contributed by atoms with Crippen molar-refractivity contribution in [2.75, 3.05) is 13.4 Å². The van der Waals surface area contributed by atoms with Crippen LogP contribution in [-0.4, -0.2) is 31.3 Å². The summed E-state index contributed by atoms with van der Waals surface area (Å²) in [5.41, 5.74) is 2.16. The van der Waals surface area contributed by atoms with Crippen LogP contribution < -0.4 is 9.57 Å². The minimum Gasteiger partial charge on any atom is -0.748 e. The Morgan fingerprint density at radius 3 is 2.41 bits per heavy atom. The monoisotopic (exact) mass is 258 g/mol. The molecule has 0 spiro atoms. The van der Waals surface area contributed by atoms with Crippen LogP contribution in [0.15, 0.2) is 24.3 Å². The third-order valence-corrected chi connectivity index (χ3v) is 1.93. The molecular formula is C10H14N2O4S. The van der Waals surface area contributed by atoms with Crippen molar-refractivity contribution in [3.8, 4) is 0 Å². The van der Waals surface area contributed by atoms with Crippen LogP contribution in [0.1, 0.15) is 5.82 Å². The van der Waals surface area contributed by atoms with Crippen LogP contribution in [-0.2, 0) is 10.1 Å². The Morgan fingerprint density at radius 2 is 1.88 bits per heavy atom. The first kappa shape index (κ1) is 13.5. The number of fused-ring (bicyclic) bond motifs is 1. The zero-order chi connectivity index (χ0) is 13.1. The average molecular weight is 258 g/mol. The van der Waals surface area contributed by atoms with Crippen molar-refractivity contribution in [3.63, 3.8) is 0 Å². The Morgan fingerprint density at radius 1 is 1.35 bits per heavy atom. The Labute approximate surface area is 99.5 Å². The molecule has 17 heavy (non-hydrogen) atoms. The van der Waals surface area contributed by atoms with Crippen molar-refractivity contribution in [1.82, 2.24) is 4.98 Å². The molecule has 0 aliphatic carbocycles. The molecule has 94 valence electrons. The number of aryl methyl sites for hydroxylation is 1. The van der Waals surface area contributed by atoms with Crippen LogP contribution in [0, 0.1) is 6.92 Å². The fourth-order valence-electron chi connectivity index (χ4n) is 1.42. The second-order valence-corrected chi connectivity index (χ2v) is 4.82. The summed E-state index contributed by atoms with van der Waals surface area (Å²) < 4.78 is 29.0. The van der Waals surface area contributed by atoms with Crippen molar-refractivity contribution in [2.45, 2.75) is 6.92 Å².